The van der Waals surface area contributed by atoms with Crippen LogP contribution in [0.1, 0.15) is 24.2 Å². The molecule has 0 bridgehead atoms. The summed E-state index contributed by atoms with van der Waals surface area (Å²) in [4.78, 5) is 16.6. The van der Waals surface area contributed by atoms with E-state index in [0.29, 0.717) is 22.3 Å². The van der Waals surface area contributed by atoms with E-state index >= 15 is 0 Å². The van der Waals surface area contributed by atoms with Crippen LogP contribution in [0.25, 0.3) is 33.2 Å². The van der Waals surface area contributed by atoms with E-state index in [0.717, 1.165) is 39.7 Å². The molecule has 6 heteroatoms. The number of furan rings is 1. The molecule has 1 N–H and O–H groups in total. The van der Waals surface area contributed by atoms with E-state index in [1.807, 2.05) is 24.3 Å². The zero-order valence-electron chi connectivity index (χ0n) is 16.5. The Kier molecular flexibility index (Phi) is 5.16. The highest BCUT2D eigenvalue weighted by Crippen LogP contribution is 2.38. The zero-order chi connectivity index (χ0) is 20.5. The lowest BCUT2D eigenvalue weighted by atomic mass is 10.0. The first kappa shape index (κ1) is 19.3. The highest BCUT2D eigenvalue weighted by Gasteiger charge is 2.18. The molecule has 2 aromatic heterocycles. The second-order valence-corrected chi connectivity index (χ2v) is 7.77. The molecule has 0 spiro atoms. The molecular formula is C23H21ClN2O3. The minimum atomic E-state index is -0.394. The fourth-order valence-corrected chi connectivity index (χ4v) is 3.47. The smallest absolute Gasteiger partial charge is 0.337 e. The van der Waals surface area contributed by atoms with E-state index < -0.39 is 5.97 Å². The molecule has 0 fully saturated rings. The van der Waals surface area contributed by atoms with Gasteiger partial charge in [0.2, 0.25) is 0 Å². The quantitative estimate of drug-likeness (QED) is 0.401. The van der Waals surface area contributed by atoms with Gasteiger partial charge in [0.05, 0.1) is 35.6 Å². The second kappa shape index (κ2) is 7.76. The lowest BCUT2D eigenvalue weighted by molar-refractivity contribution is 0.0601. The van der Waals surface area contributed by atoms with Crippen molar-refractivity contribution < 1.29 is 13.9 Å². The molecule has 2 heterocycles. The number of fused-ring (bicyclic) bond motifs is 2. The van der Waals surface area contributed by atoms with Crippen molar-refractivity contribution in [2.24, 2.45) is 5.92 Å². The number of benzene rings is 2. The van der Waals surface area contributed by atoms with Crippen LogP contribution in [-0.2, 0) is 4.74 Å². The Bertz CT molecular complexity index is 1210. The highest BCUT2D eigenvalue weighted by atomic mass is 35.5. The number of nitrogens with one attached hydrogen (secondary N) is 1. The Morgan fingerprint density at radius 1 is 1.21 bits per heavy atom. The molecule has 0 aliphatic rings. The first-order chi connectivity index (χ1) is 14.0. The molecule has 0 unspecified atom stereocenters. The zero-order valence-corrected chi connectivity index (χ0v) is 17.2. The number of carbonyl (C=O) groups is 1. The number of esters is 1. The third kappa shape index (κ3) is 3.78. The topological polar surface area (TPSA) is 64.4 Å². The molecule has 5 nitrogen and oxygen atoms in total. The molecule has 0 atom stereocenters. The molecule has 0 amide bonds. The van der Waals surface area contributed by atoms with Gasteiger partial charge in [0.1, 0.15) is 11.3 Å². The van der Waals surface area contributed by atoms with E-state index in [-0.39, 0.29) is 0 Å². The van der Waals surface area contributed by atoms with Crippen LogP contribution < -0.4 is 5.32 Å². The fourth-order valence-electron chi connectivity index (χ4n) is 3.29. The molecule has 0 saturated heterocycles. The average Bonchev–Trinajstić information content (AvgIpc) is 3.13. The minimum Gasteiger partial charge on any atom is -0.465 e. The Hall–Kier alpha value is -3.05. The predicted molar refractivity (Wildman–Crippen MR) is 117 cm³/mol. The molecule has 4 rings (SSSR count). The van der Waals surface area contributed by atoms with Crippen molar-refractivity contribution in [1.29, 1.82) is 0 Å². The number of hydrogen-bond acceptors (Lipinski definition) is 5. The van der Waals surface area contributed by atoms with Gasteiger partial charge >= 0.3 is 5.97 Å². The largest absolute Gasteiger partial charge is 0.465 e. The molecule has 0 saturated carbocycles. The maximum Gasteiger partial charge on any atom is 0.337 e. The lowest BCUT2D eigenvalue weighted by Gasteiger charge is -2.15. The highest BCUT2D eigenvalue weighted by molar-refractivity contribution is 6.31. The van der Waals surface area contributed by atoms with Gasteiger partial charge < -0.3 is 14.5 Å². The van der Waals surface area contributed by atoms with Gasteiger partial charge in [0, 0.05) is 22.3 Å². The number of carbonyl (C=O) groups excluding carboxylic acids is 1. The Labute approximate surface area is 173 Å². The SMILES string of the molecule is COC(=O)c1ccc2ncc(NCC(C)C)c(-c3cc4cc(Cl)ccc4o3)c2c1. The predicted octanol–water partition coefficient (Wildman–Crippen LogP) is 6.16. The molecule has 29 heavy (non-hydrogen) atoms. The summed E-state index contributed by atoms with van der Waals surface area (Å²) in [6.45, 7) is 5.06. The van der Waals surface area contributed by atoms with E-state index in [4.69, 9.17) is 20.8 Å². The van der Waals surface area contributed by atoms with Gasteiger partial charge in [-0.05, 0) is 48.4 Å². The Balaban J connectivity index is 1.97. The summed E-state index contributed by atoms with van der Waals surface area (Å²) in [5.41, 5.74) is 3.67. The Morgan fingerprint density at radius 2 is 2.03 bits per heavy atom. The number of pyridine rings is 1. The van der Waals surface area contributed by atoms with Gasteiger partial charge in [-0.1, -0.05) is 25.4 Å². The van der Waals surface area contributed by atoms with E-state index in [9.17, 15) is 4.79 Å². The van der Waals surface area contributed by atoms with E-state index in [1.54, 1.807) is 24.4 Å². The number of halogens is 1. The standard InChI is InChI=1S/C23H21ClN2O3/c1-13(2)11-25-19-12-26-18-6-4-14(23(27)28-3)9-17(18)22(19)21-10-15-8-16(24)5-7-20(15)29-21/h4-10,12-13,25H,11H2,1-3H3. The molecule has 0 aliphatic carbocycles. The summed E-state index contributed by atoms with van der Waals surface area (Å²) >= 11 is 6.14. The summed E-state index contributed by atoms with van der Waals surface area (Å²) in [6.07, 6.45) is 1.80. The van der Waals surface area contributed by atoms with Crippen molar-refractivity contribution in [3.63, 3.8) is 0 Å². The summed E-state index contributed by atoms with van der Waals surface area (Å²) in [5.74, 6) is 0.743. The summed E-state index contributed by atoms with van der Waals surface area (Å²) in [6, 6.07) is 12.8. The lowest BCUT2D eigenvalue weighted by Crippen LogP contribution is -2.09. The van der Waals surface area contributed by atoms with Gasteiger partial charge in [-0.15, -0.1) is 0 Å². The maximum absolute atomic E-state index is 12.1. The first-order valence-electron chi connectivity index (χ1n) is 9.40. The van der Waals surface area contributed by atoms with Crippen LogP contribution in [-0.4, -0.2) is 24.6 Å². The summed E-state index contributed by atoms with van der Waals surface area (Å²) in [5, 5.41) is 5.83. The molecule has 4 aromatic rings. The van der Waals surface area contributed by atoms with Crippen LogP contribution in [0, 0.1) is 5.92 Å². The average molecular weight is 409 g/mol. The third-order valence-corrected chi connectivity index (χ3v) is 4.95. The number of methoxy groups -OCH3 is 1. The van der Waals surface area contributed by atoms with Crippen LogP contribution >= 0.6 is 11.6 Å². The van der Waals surface area contributed by atoms with Gasteiger partial charge in [-0.2, -0.15) is 0 Å². The van der Waals surface area contributed by atoms with Crippen LogP contribution in [0.15, 0.2) is 53.1 Å². The van der Waals surface area contributed by atoms with E-state index in [1.165, 1.54) is 7.11 Å². The summed E-state index contributed by atoms with van der Waals surface area (Å²) < 4.78 is 11.0. The van der Waals surface area contributed by atoms with Crippen LogP contribution in [0.4, 0.5) is 5.69 Å². The van der Waals surface area contributed by atoms with Crippen molar-refractivity contribution in [2.45, 2.75) is 13.8 Å². The number of ether oxygens (including phenoxy) is 1. The normalized spacial score (nSPS) is 11.3. The fraction of sp³-hybridized carbons (Fsp3) is 0.217. The number of hydrogen-bond donors (Lipinski definition) is 1. The molecule has 148 valence electrons. The number of nitrogens with zero attached hydrogens (tertiary/aromatic N) is 1. The van der Waals surface area contributed by atoms with Crippen LogP contribution in [0.2, 0.25) is 5.02 Å². The second-order valence-electron chi connectivity index (χ2n) is 7.34. The van der Waals surface area contributed by atoms with Crippen LogP contribution in [0.5, 0.6) is 0 Å². The van der Waals surface area contributed by atoms with E-state index in [2.05, 4.69) is 24.1 Å². The number of aromatic nitrogens is 1. The Morgan fingerprint density at radius 3 is 2.79 bits per heavy atom. The summed E-state index contributed by atoms with van der Waals surface area (Å²) in [7, 11) is 1.37. The molecule has 2 aromatic carbocycles. The van der Waals surface area contributed by atoms with Gasteiger partial charge in [0.15, 0.2) is 0 Å². The number of rotatable bonds is 5. The first-order valence-corrected chi connectivity index (χ1v) is 9.78. The maximum atomic E-state index is 12.1. The van der Waals surface area contributed by atoms with Gasteiger partial charge in [-0.25, -0.2) is 4.79 Å². The van der Waals surface area contributed by atoms with Crippen LogP contribution in [0.3, 0.4) is 0 Å². The van der Waals surface area contributed by atoms with Crippen molar-refractivity contribution in [1.82, 2.24) is 4.98 Å². The number of anilines is 1. The molecular weight excluding hydrogens is 388 g/mol. The minimum absolute atomic E-state index is 0.394. The monoisotopic (exact) mass is 408 g/mol. The molecule has 0 radical (unpaired) electrons. The molecule has 0 aliphatic heterocycles. The van der Waals surface area contributed by atoms with Crippen molar-refractivity contribution in [2.75, 3.05) is 19.0 Å². The van der Waals surface area contributed by atoms with Crippen molar-refractivity contribution in [3.05, 3.63) is 59.2 Å². The van der Waals surface area contributed by atoms with Gasteiger partial charge in [-0.3, -0.25) is 4.98 Å². The van der Waals surface area contributed by atoms with Crippen molar-refractivity contribution >= 4 is 45.1 Å². The third-order valence-electron chi connectivity index (χ3n) is 4.71. The van der Waals surface area contributed by atoms with Crippen molar-refractivity contribution in [3.8, 4) is 11.3 Å². The van der Waals surface area contributed by atoms with Gasteiger partial charge in [0.25, 0.3) is 0 Å².